The predicted molar refractivity (Wildman–Crippen MR) is 67.3 cm³/mol. The van der Waals surface area contributed by atoms with Gasteiger partial charge in [-0.05, 0) is 26.3 Å². The van der Waals surface area contributed by atoms with E-state index < -0.39 is 5.79 Å². The zero-order valence-corrected chi connectivity index (χ0v) is 11.6. The Balaban J connectivity index is 1.61. The number of likely N-dealkylation sites (tertiary alicyclic amines) is 1. The summed E-state index contributed by atoms with van der Waals surface area (Å²) >= 11 is 0. The number of nitrogens with zero attached hydrogens (tertiary/aromatic N) is 3. The molecule has 0 radical (unpaired) electrons. The molecule has 0 aliphatic carbocycles. The van der Waals surface area contributed by atoms with E-state index in [0.29, 0.717) is 25.0 Å². The Bertz CT molecular complexity index is 429. The minimum absolute atomic E-state index is 0.411. The van der Waals surface area contributed by atoms with Gasteiger partial charge in [-0.25, -0.2) is 0 Å². The molecule has 19 heavy (non-hydrogen) atoms. The Morgan fingerprint density at radius 3 is 2.84 bits per heavy atom. The van der Waals surface area contributed by atoms with Gasteiger partial charge < -0.3 is 14.0 Å². The van der Waals surface area contributed by atoms with Crippen LogP contribution < -0.4 is 0 Å². The van der Waals surface area contributed by atoms with Crippen LogP contribution in [0, 0.1) is 12.8 Å². The van der Waals surface area contributed by atoms with Crippen LogP contribution in [0.15, 0.2) is 4.52 Å². The second-order valence-electron chi connectivity index (χ2n) is 5.52. The molecular weight excluding hydrogens is 246 g/mol. The van der Waals surface area contributed by atoms with E-state index in [4.69, 9.17) is 14.0 Å². The fourth-order valence-corrected chi connectivity index (χ4v) is 3.00. The molecule has 3 rings (SSSR count). The van der Waals surface area contributed by atoms with E-state index in [1.54, 1.807) is 0 Å². The number of hydrogen-bond donors (Lipinski definition) is 0. The van der Waals surface area contributed by atoms with Crippen LogP contribution in [0.5, 0.6) is 0 Å². The van der Waals surface area contributed by atoms with Crippen molar-refractivity contribution in [2.45, 2.75) is 39.0 Å². The maximum Gasteiger partial charge on any atom is 0.223 e. The highest BCUT2D eigenvalue weighted by Crippen LogP contribution is 2.34. The molecule has 0 aromatic carbocycles. The van der Waals surface area contributed by atoms with Crippen LogP contribution in [0.2, 0.25) is 0 Å². The Kier molecular flexibility index (Phi) is 3.56. The second-order valence-corrected chi connectivity index (χ2v) is 5.52. The molecule has 2 saturated heterocycles. The molecule has 2 fully saturated rings. The van der Waals surface area contributed by atoms with Crippen LogP contribution in [-0.2, 0) is 16.0 Å². The third-order valence-electron chi connectivity index (χ3n) is 4.04. The Hall–Kier alpha value is -0.980. The van der Waals surface area contributed by atoms with Crippen molar-refractivity contribution in [3.8, 4) is 0 Å². The van der Waals surface area contributed by atoms with Gasteiger partial charge in [0.25, 0.3) is 0 Å². The standard InChI is InChI=1S/C13H21N3O3/c1-10-14-12(15-19-10)9-16-5-3-4-11(8-16)13(2)17-6-7-18-13/h11H,3-9H2,1-2H3. The molecule has 0 amide bonds. The lowest BCUT2D eigenvalue weighted by Gasteiger charge is -2.39. The molecule has 2 aliphatic rings. The van der Waals surface area contributed by atoms with Crippen molar-refractivity contribution in [1.29, 1.82) is 0 Å². The first-order valence-corrected chi connectivity index (χ1v) is 6.95. The first kappa shape index (κ1) is 13.0. The van der Waals surface area contributed by atoms with E-state index in [0.717, 1.165) is 38.3 Å². The summed E-state index contributed by atoms with van der Waals surface area (Å²) in [6.45, 7) is 8.06. The number of ether oxygens (including phenoxy) is 2. The molecule has 1 unspecified atom stereocenters. The lowest BCUT2D eigenvalue weighted by Crippen LogP contribution is -2.46. The summed E-state index contributed by atoms with van der Waals surface area (Å²) in [6, 6.07) is 0. The zero-order valence-electron chi connectivity index (χ0n) is 11.6. The van der Waals surface area contributed by atoms with Gasteiger partial charge in [0.05, 0.1) is 19.8 Å². The zero-order chi connectivity index (χ0) is 13.3. The van der Waals surface area contributed by atoms with Crippen molar-refractivity contribution in [2.24, 2.45) is 5.92 Å². The van der Waals surface area contributed by atoms with E-state index in [-0.39, 0.29) is 0 Å². The Morgan fingerprint density at radius 2 is 2.16 bits per heavy atom. The van der Waals surface area contributed by atoms with E-state index >= 15 is 0 Å². The molecule has 0 spiro atoms. The Morgan fingerprint density at radius 1 is 1.37 bits per heavy atom. The maximum absolute atomic E-state index is 5.78. The first-order chi connectivity index (χ1) is 9.16. The van der Waals surface area contributed by atoms with Crippen LogP contribution >= 0.6 is 0 Å². The van der Waals surface area contributed by atoms with Crippen molar-refractivity contribution in [2.75, 3.05) is 26.3 Å². The van der Waals surface area contributed by atoms with Gasteiger partial charge in [-0.1, -0.05) is 5.16 Å². The van der Waals surface area contributed by atoms with E-state index in [2.05, 4.69) is 22.0 Å². The normalized spacial score (nSPS) is 27.8. The first-order valence-electron chi connectivity index (χ1n) is 6.95. The fraction of sp³-hybridized carbons (Fsp3) is 0.846. The van der Waals surface area contributed by atoms with Crippen LogP contribution in [0.1, 0.15) is 31.5 Å². The van der Waals surface area contributed by atoms with Gasteiger partial charge in [0.15, 0.2) is 11.6 Å². The van der Waals surface area contributed by atoms with E-state index in [1.165, 1.54) is 0 Å². The molecule has 3 heterocycles. The summed E-state index contributed by atoms with van der Waals surface area (Å²) in [6.07, 6.45) is 2.31. The highest BCUT2D eigenvalue weighted by atomic mass is 16.7. The number of hydrogen-bond acceptors (Lipinski definition) is 6. The lowest BCUT2D eigenvalue weighted by atomic mass is 9.90. The lowest BCUT2D eigenvalue weighted by molar-refractivity contribution is -0.192. The number of aryl methyl sites for hydroxylation is 1. The number of rotatable bonds is 3. The van der Waals surface area contributed by atoms with Crippen LogP contribution in [0.4, 0.5) is 0 Å². The van der Waals surface area contributed by atoms with Crippen LogP contribution in [-0.4, -0.2) is 47.1 Å². The number of piperidine rings is 1. The topological polar surface area (TPSA) is 60.6 Å². The van der Waals surface area contributed by atoms with Gasteiger partial charge in [-0.15, -0.1) is 0 Å². The van der Waals surface area contributed by atoms with Gasteiger partial charge in [-0.2, -0.15) is 4.98 Å². The third-order valence-corrected chi connectivity index (χ3v) is 4.04. The summed E-state index contributed by atoms with van der Waals surface area (Å²) in [5, 5.41) is 3.96. The summed E-state index contributed by atoms with van der Waals surface area (Å²) < 4.78 is 16.6. The molecule has 2 aliphatic heterocycles. The van der Waals surface area contributed by atoms with Gasteiger partial charge in [0.2, 0.25) is 5.89 Å². The van der Waals surface area contributed by atoms with Crippen molar-refractivity contribution >= 4 is 0 Å². The van der Waals surface area contributed by atoms with Gasteiger partial charge in [0, 0.05) is 19.4 Å². The molecule has 1 aromatic heterocycles. The molecule has 6 heteroatoms. The molecule has 1 atom stereocenters. The largest absolute Gasteiger partial charge is 0.347 e. The predicted octanol–water partition coefficient (Wildman–Crippen LogP) is 1.35. The summed E-state index contributed by atoms with van der Waals surface area (Å²) in [5.74, 6) is 1.39. The molecular formula is C13H21N3O3. The molecule has 0 N–H and O–H groups in total. The van der Waals surface area contributed by atoms with Crippen molar-refractivity contribution in [1.82, 2.24) is 15.0 Å². The number of aromatic nitrogens is 2. The average molecular weight is 267 g/mol. The minimum Gasteiger partial charge on any atom is -0.347 e. The van der Waals surface area contributed by atoms with Crippen molar-refractivity contribution in [3.63, 3.8) is 0 Å². The third kappa shape index (κ3) is 2.80. The van der Waals surface area contributed by atoms with E-state index in [9.17, 15) is 0 Å². The van der Waals surface area contributed by atoms with Crippen LogP contribution in [0.25, 0.3) is 0 Å². The Labute approximate surface area is 113 Å². The highest BCUT2D eigenvalue weighted by Gasteiger charge is 2.41. The quantitative estimate of drug-likeness (QED) is 0.824. The molecule has 1 aromatic rings. The van der Waals surface area contributed by atoms with E-state index in [1.807, 2.05) is 6.92 Å². The molecule has 106 valence electrons. The second kappa shape index (κ2) is 5.19. The average Bonchev–Trinajstić information content (AvgIpc) is 3.00. The fourth-order valence-electron chi connectivity index (χ4n) is 3.00. The molecule has 0 saturated carbocycles. The van der Waals surface area contributed by atoms with Gasteiger partial charge in [0.1, 0.15) is 0 Å². The minimum atomic E-state index is -0.411. The molecule has 0 bridgehead atoms. The summed E-state index contributed by atoms with van der Waals surface area (Å²) in [7, 11) is 0. The smallest absolute Gasteiger partial charge is 0.223 e. The van der Waals surface area contributed by atoms with Gasteiger partial charge >= 0.3 is 0 Å². The van der Waals surface area contributed by atoms with Crippen molar-refractivity contribution in [3.05, 3.63) is 11.7 Å². The van der Waals surface area contributed by atoms with Gasteiger partial charge in [-0.3, -0.25) is 4.90 Å². The van der Waals surface area contributed by atoms with Crippen molar-refractivity contribution < 1.29 is 14.0 Å². The highest BCUT2D eigenvalue weighted by molar-refractivity contribution is 4.89. The maximum atomic E-state index is 5.78. The SMILES string of the molecule is Cc1nc(CN2CCCC(C3(C)OCCO3)C2)no1. The van der Waals surface area contributed by atoms with Crippen LogP contribution in [0.3, 0.4) is 0 Å². The monoisotopic (exact) mass is 267 g/mol. The summed E-state index contributed by atoms with van der Waals surface area (Å²) in [4.78, 5) is 6.62. The summed E-state index contributed by atoms with van der Waals surface area (Å²) in [5.41, 5.74) is 0. The molecule has 6 nitrogen and oxygen atoms in total.